The van der Waals surface area contributed by atoms with E-state index in [0.29, 0.717) is 10.7 Å². The lowest BCUT2D eigenvalue weighted by atomic mass is 10.1. The molecule has 2 aromatic carbocycles. The van der Waals surface area contributed by atoms with E-state index < -0.39 is 33.0 Å². The second-order valence-electron chi connectivity index (χ2n) is 5.70. The molecule has 0 saturated carbocycles. The van der Waals surface area contributed by atoms with Gasteiger partial charge in [0.25, 0.3) is 10.0 Å². The molecule has 2 atom stereocenters. The van der Waals surface area contributed by atoms with Crippen molar-refractivity contribution in [1.29, 1.82) is 0 Å². The van der Waals surface area contributed by atoms with Crippen LogP contribution in [0.4, 0.5) is 15.8 Å². The predicted molar refractivity (Wildman–Crippen MR) is 97.4 cm³/mol. The zero-order chi connectivity index (χ0) is 18.7. The van der Waals surface area contributed by atoms with E-state index in [0.717, 1.165) is 12.1 Å². The van der Waals surface area contributed by atoms with Gasteiger partial charge in [0, 0.05) is 22.9 Å². The van der Waals surface area contributed by atoms with E-state index in [1.807, 2.05) is 0 Å². The smallest absolute Gasteiger partial charge is 0.250 e. The molecule has 1 aliphatic rings. The minimum absolute atomic E-state index is 0.133. The van der Waals surface area contributed by atoms with Crippen LogP contribution in [-0.4, -0.2) is 26.2 Å². The number of rotatable bonds is 5. The van der Waals surface area contributed by atoms with E-state index in [9.17, 15) is 17.6 Å². The molecule has 1 heterocycles. The van der Waals surface area contributed by atoms with E-state index in [-0.39, 0.29) is 12.2 Å². The normalized spacial score (nSPS) is 19.9. The molecule has 0 radical (unpaired) electrons. The topological polar surface area (TPSA) is 99.3 Å². The van der Waals surface area contributed by atoms with Crippen molar-refractivity contribution in [2.75, 3.05) is 16.6 Å². The highest BCUT2D eigenvalue weighted by atomic mass is 35.5. The molecule has 2 unspecified atom stereocenters. The van der Waals surface area contributed by atoms with Crippen molar-refractivity contribution in [3.05, 3.63) is 59.4 Å². The zero-order valence-electron chi connectivity index (χ0n) is 13.4. The van der Waals surface area contributed by atoms with Gasteiger partial charge in [-0.25, -0.2) is 18.2 Å². The molecule has 0 spiro atoms. The van der Waals surface area contributed by atoms with Gasteiger partial charge in [-0.2, -0.15) is 0 Å². The van der Waals surface area contributed by atoms with Gasteiger partial charge in [0.2, 0.25) is 5.91 Å². The van der Waals surface area contributed by atoms with Gasteiger partial charge < -0.3 is 5.32 Å². The van der Waals surface area contributed by atoms with E-state index in [2.05, 4.69) is 20.9 Å². The third-order valence-corrected chi connectivity index (χ3v) is 5.71. The quantitative estimate of drug-likeness (QED) is 0.616. The van der Waals surface area contributed by atoms with Gasteiger partial charge >= 0.3 is 0 Å². The molecule has 7 nitrogen and oxygen atoms in total. The highest BCUT2D eigenvalue weighted by Crippen LogP contribution is 2.21. The molecule has 1 amide bonds. The Bertz CT molecular complexity index is 891. The predicted octanol–water partition coefficient (Wildman–Crippen LogP) is 1.91. The summed E-state index contributed by atoms with van der Waals surface area (Å²) in [6.45, 7) is 0.133. The number of hydrogen-bond donors (Lipinski definition) is 4. The third-order valence-electron chi connectivity index (χ3n) is 3.82. The van der Waals surface area contributed by atoms with Crippen molar-refractivity contribution < 1.29 is 17.6 Å². The molecule has 3 rings (SSSR count). The summed E-state index contributed by atoms with van der Waals surface area (Å²) >= 11 is 5.80. The fraction of sp³-hybridized carbons (Fsp3) is 0.188. The standard InChI is InChI=1S/C16H16ClFN4O3S/c17-10-1-5-12(6-2-10)20-15(23)14-9-19-21-16(14)26(24,25)22-13-7-3-11(18)4-8-13/h1-8,14,16,19,21-22H,9H2,(H,20,23). The van der Waals surface area contributed by atoms with Gasteiger partial charge in [-0.05, 0) is 48.5 Å². The number of carbonyl (C=O) groups excluding carboxylic acids is 1. The molecule has 1 fully saturated rings. The maximum atomic E-state index is 13.0. The van der Waals surface area contributed by atoms with E-state index in [1.54, 1.807) is 24.3 Å². The van der Waals surface area contributed by atoms with Crippen LogP contribution in [0.3, 0.4) is 0 Å². The Kier molecular flexibility index (Phi) is 5.42. The first kappa shape index (κ1) is 18.6. The third kappa shape index (κ3) is 4.31. The Morgan fingerprint density at radius 1 is 1.08 bits per heavy atom. The van der Waals surface area contributed by atoms with Crippen LogP contribution in [0.15, 0.2) is 48.5 Å². The summed E-state index contributed by atoms with van der Waals surface area (Å²) in [5.74, 6) is -1.81. The molecule has 0 aromatic heterocycles. The van der Waals surface area contributed by atoms with Gasteiger partial charge in [-0.3, -0.25) is 14.9 Å². The van der Waals surface area contributed by atoms with Crippen LogP contribution in [0.25, 0.3) is 0 Å². The minimum atomic E-state index is -3.95. The molecule has 2 aromatic rings. The number of halogens is 2. The van der Waals surface area contributed by atoms with Crippen LogP contribution in [0.2, 0.25) is 5.02 Å². The summed E-state index contributed by atoms with van der Waals surface area (Å²) in [7, 11) is -3.95. The molecule has 1 aliphatic heterocycles. The molecule has 138 valence electrons. The fourth-order valence-electron chi connectivity index (χ4n) is 2.51. The Hall–Kier alpha value is -2.20. The van der Waals surface area contributed by atoms with Crippen molar-refractivity contribution in [2.24, 2.45) is 5.92 Å². The Balaban J connectivity index is 1.72. The van der Waals surface area contributed by atoms with Crippen LogP contribution in [0.1, 0.15) is 0 Å². The minimum Gasteiger partial charge on any atom is -0.326 e. The Morgan fingerprint density at radius 3 is 2.35 bits per heavy atom. The number of anilines is 2. The number of nitrogens with one attached hydrogen (secondary N) is 4. The van der Waals surface area contributed by atoms with Crippen molar-refractivity contribution in [1.82, 2.24) is 10.9 Å². The van der Waals surface area contributed by atoms with Gasteiger partial charge in [0.1, 0.15) is 5.82 Å². The Morgan fingerprint density at radius 2 is 1.69 bits per heavy atom. The van der Waals surface area contributed by atoms with E-state index in [4.69, 9.17) is 11.6 Å². The van der Waals surface area contributed by atoms with Crippen LogP contribution >= 0.6 is 11.6 Å². The lowest BCUT2D eigenvalue weighted by Gasteiger charge is -2.19. The number of sulfonamides is 1. The number of benzene rings is 2. The monoisotopic (exact) mass is 398 g/mol. The summed E-state index contributed by atoms with van der Waals surface area (Å²) in [6.07, 6.45) is 0. The highest BCUT2D eigenvalue weighted by Gasteiger charge is 2.41. The molecular weight excluding hydrogens is 383 g/mol. The van der Waals surface area contributed by atoms with Crippen LogP contribution < -0.4 is 20.9 Å². The Labute approximate surface area is 155 Å². The molecule has 1 saturated heterocycles. The summed E-state index contributed by atoms with van der Waals surface area (Å²) < 4.78 is 40.5. The van der Waals surface area contributed by atoms with Gasteiger partial charge in [0.15, 0.2) is 5.37 Å². The van der Waals surface area contributed by atoms with Gasteiger partial charge in [0.05, 0.1) is 5.92 Å². The summed E-state index contributed by atoms with van der Waals surface area (Å²) in [5.41, 5.74) is 6.00. The van der Waals surface area contributed by atoms with Crippen LogP contribution in [-0.2, 0) is 14.8 Å². The van der Waals surface area contributed by atoms with E-state index >= 15 is 0 Å². The lowest BCUT2D eigenvalue weighted by Crippen LogP contribution is -2.45. The van der Waals surface area contributed by atoms with E-state index in [1.165, 1.54) is 12.1 Å². The second kappa shape index (κ2) is 7.58. The first-order chi connectivity index (χ1) is 12.3. The maximum absolute atomic E-state index is 13.0. The number of amides is 1. The number of hydrogen-bond acceptors (Lipinski definition) is 5. The first-order valence-corrected chi connectivity index (χ1v) is 9.59. The molecular formula is C16H16ClFN4O3S. The van der Waals surface area contributed by atoms with Gasteiger partial charge in [-0.15, -0.1) is 0 Å². The molecule has 0 aliphatic carbocycles. The second-order valence-corrected chi connectivity index (χ2v) is 7.94. The van der Waals surface area contributed by atoms with Crippen molar-refractivity contribution in [3.8, 4) is 0 Å². The zero-order valence-corrected chi connectivity index (χ0v) is 14.9. The summed E-state index contributed by atoms with van der Waals surface area (Å²) in [6, 6.07) is 11.4. The first-order valence-electron chi connectivity index (χ1n) is 7.67. The summed E-state index contributed by atoms with van der Waals surface area (Å²) in [5, 5.41) is 1.99. The molecule has 10 heteroatoms. The lowest BCUT2D eigenvalue weighted by molar-refractivity contribution is -0.119. The number of hydrazine groups is 1. The number of carbonyl (C=O) groups is 1. The average Bonchev–Trinajstić information content (AvgIpc) is 3.10. The van der Waals surface area contributed by atoms with Crippen molar-refractivity contribution in [2.45, 2.75) is 5.37 Å². The SMILES string of the molecule is O=C(Nc1ccc(Cl)cc1)C1CNNC1S(=O)(=O)Nc1ccc(F)cc1. The highest BCUT2D eigenvalue weighted by molar-refractivity contribution is 7.93. The molecule has 4 N–H and O–H groups in total. The molecule has 26 heavy (non-hydrogen) atoms. The fourth-order valence-corrected chi connectivity index (χ4v) is 4.12. The van der Waals surface area contributed by atoms with Crippen LogP contribution in [0.5, 0.6) is 0 Å². The molecule has 0 bridgehead atoms. The summed E-state index contributed by atoms with van der Waals surface area (Å²) in [4.78, 5) is 12.5. The van der Waals surface area contributed by atoms with Crippen LogP contribution in [0, 0.1) is 11.7 Å². The van der Waals surface area contributed by atoms with Crippen molar-refractivity contribution >= 4 is 38.9 Å². The maximum Gasteiger partial charge on any atom is 0.250 e. The average molecular weight is 399 g/mol. The van der Waals surface area contributed by atoms with Gasteiger partial charge in [-0.1, -0.05) is 11.6 Å². The van der Waals surface area contributed by atoms with Crippen molar-refractivity contribution in [3.63, 3.8) is 0 Å². The largest absolute Gasteiger partial charge is 0.326 e.